The molecular formula is C18H20Cl2N4O2. The maximum absolute atomic E-state index is 12.2. The zero-order chi connectivity index (χ0) is 18.4. The standard InChI is InChI=1S/C18H20Cl2N4O2/c19-16-15(11-22-23-17(16)20)21-10-13-6-8-24(9-7-13)18(25)26-12-14-4-2-1-3-5-14/h1-5,11,13H,6-10,12H2,(H,21,23). The van der Waals surface area contributed by atoms with Gasteiger partial charge in [-0.3, -0.25) is 0 Å². The highest BCUT2D eigenvalue weighted by Crippen LogP contribution is 2.27. The number of nitrogens with one attached hydrogen (secondary N) is 1. The van der Waals surface area contributed by atoms with Crippen molar-refractivity contribution in [3.63, 3.8) is 0 Å². The van der Waals surface area contributed by atoms with Crippen LogP contribution in [-0.4, -0.2) is 40.8 Å². The van der Waals surface area contributed by atoms with Gasteiger partial charge in [-0.05, 0) is 24.3 Å². The molecule has 2 heterocycles. The fourth-order valence-electron chi connectivity index (χ4n) is 2.86. The minimum atomic E-state index is -0.256. The molecule has 1 aliphatic rings. The number of nitrogens with zero attached hydrogens (tertiary/aromatic N) is 3. The number of benzene rings is 1. The summed E-state index contributed by atoms with van der Waals surface area (Å²) in [6, 6.07) is 9.68. The number of halogens is 2. The molecule has 0 saturated carbocycles. The molecule has 0 aliphatic carbocycles. The summed E-state index contributed by atoms with van der Waals surface area (Å²) in [5.74, 6) is 0.441. The smallest absolute Gasteiger partial charge is 0.410 e. The lowest BCUT2D eigenvalue weighted by atomic mass is 9.97. The Morgan fingerprint density at radius 1 is 1.23 bits per heavy atom. The summed E-state index contributed by atoms with van der Waals surface area (Å²) < 4.78 is 5.39. The molecular weight excluding hydrogens is 375 g/mol. The molecule has 26 heavy (non-hydrogen) atoms. The molecule has 1 aromatic carbocycles. The van der Waals surface area contributed by atoms with Crippen LogP contribution in [0.1, 0.15) is 18.4 Å². The van der Waals surface area contributed by atoms with E-state index >= 15 is 0 Å². The van der Waals surface area contributed by atoms with E-state index in [1.807, 2.05) is 30.3 Å². The molecule has 138 valence electrons. The van der Waals surface area contributed by atoms with Crippen LogP contribution >= 0.6 is 23.2 Å². The molecule has 3 rings (SSSR count). The van der Waals surface area contributed by atoms with Gasteiger partial charge in [-0.2, -0.15) is 5.10 Å². The number of rotatable bonds is 5. The molecule has 1 fully saturated rings. The lowest BCUT2D eigenvalue weighted by Crippen LogP contribution is -2.40. The second kappa shape index (κ2) is 9.05. The van der Waals surface area contributed by atoms with E-state index in [2.05, 4.69) is 15.5 Å². The Morgan fingerprint density at radius 2 is 1.96 bits per heavy atom. The van der Waals surface area contributed by atoms with Gasteiger partial charge < -0.3 is 15.0 Å². The van der Waals surface area contributed by atoms with E-state index in [4.69, 9.17) is 27.9 Å². The third-order valence-electron chi connectivity index (χ3n) is 4.41. The van der Waals surface area contributed by atoms with E-state index in [-0.39, 0.29) is 11.2 Å². The molecule has 0 bridgehead atoms. The number of carbonyl (C=O) groups excluding carboxylic acids is 1. The van der Waals surface area contributed by atoms with Crippen LogP contribution in [-0.2, 0) is 11.3 Å². The van der Waals surface area contributed by atoms with E-state index in [0.29, 0.717) is 36.3 Å². The summed E-state index contributed by atoms with van der Waals surface area (Å²) >= 11 is 12.0. The number of anilines is 1. The lowest BCUT2D eigenvalue weighted by molar-refractivity contribution is 0.0832. The van der Waals surface area contributed by atoms with Crippen molar-refractivity contribution in [2.75, 3.05) is 25.0 Å². The Morgan fingerprint density at radius 3 is 2.69 bits per heavy atom. The fourth-order valence-corrected chi connectivity index (χ4v) is 3.16. The highest BCUT2D eigenvalue weighted by molar-refractivity contribution is 6.42. The summed E-state index contributed by atoms with van der Waals surface area (Å²) in [5.41, 5.74) is 1.66. The van der Waals surface area contributed by atoms with Crippen LogP contribution in [0.5, 0.6) is 0 Å². The van der Waals surface area contributed by atoms with Gasteiger partial charge >= 0.3 is 6.09 Å². The summed E-state index contributed by atoms with van der Waals surface area (Å²) in [6.07, 6.45) is 3.10. The number of hydrogen-bond donors (Lipinski definition) is 1. The highest BCUT2D eigenvalue weighted by atomic mass is 35.5. The molecule has 1 saturated heterocycles. The van der Waals surface area contributed by atoms with E-state index in [1.54, 1.807) is 11.1 Å². The zero-order valence-electron chi connectivity index (χ0n) is 14.2. The van der Waals surface area contributed by atoms with Gasteiger partial charge in [0.05, 0.1) is 11.9 Å². The highest BCUT2D eigenvalue weighted by Gasteiger charge is 2.24. The summed E-state index contributed by atoms with van der Waals surface area (Å²) in [4.78, 5) is 13.9. The van der Waals surface area contributed by atoms with Crippen LogP contribution in [0.2, 0.25) is 10.2 Å². The molecule has 0 atom stereocenters. The monoisotopic (exact) mass is 394 g/mol. The molecule has 6 nitrogen and oxygen atoms in total. The minimum absolute atomic E-state index is 0.188. The number of amides is 1. The Hall–Kier alpha value is -2.05. The van der Waals surface area contributed by atoms with Gasteiger partial charge in [0.15, 0.2) is 5.15 Å². The van der Waals surface area contributed by atoms with Crippen molar-refractivity contribution in [3.05, 3.63) is 52.3 Å². The molecule has 1 N–H and O–H groups in total. The first kappa shape index (κ1) is 18.7. The lowest BCUT2D eigenvalue weighted by Gasteiger charge is -2.31. The Labute approximate surface area is 162 Å². The van der Waals surface area contributed by atoms with Gasteiger partial charge in [0.2, 0.25) is 0 Å². The predicted molar refractivity (Wildman–Crippen MR) is 101 cm³/mol. The number of carbonyl (C=O) groups is 1. The quantitative estimate of drug-likeness (QED) is 0.820. The molecule has 8 heteroatoms. The largest absolute Gasteiger partial charge is 0.445 e. The van der Waals surface area contributed by atoms with Crippen LogP contribution in [0.25, 0.3) is 0 Å². The summed E-state index contributed by atoms with van der Waals surface area (Å²) in [7, 11) is 0. The predicted octanol–water partition coefficient (Wildman–Crippen LogP) is 4.24. The van der Waals surface area contributed by atoms with Crippen molar-refractivity contribution < 1.29 is 9.53 Å². The van der Waals surface area contributed by atoms with Gasteiger partial charge in [0.25, 0.3) is 0 Å². The molecule has 1 aromatic heterocycles. The van der Waals surface area contributed by atoms with Gasteiger partial charge in [0, 0.05) is 19.6 Å². The molecule has 0 unspecified atom stereocenters. The number of hydrogen-bond acceptors (Lipinski definition) is 5. The van der Waals surface area contributed by atoms with Gasteiger partial charge in [-0.1, -0.05) is 53.5 Å². The maximum Gasteiger partial charge on any atom is 0.410 e. The van der Waals surface area contributed by atoms with Crippen molar-refractivity contribution in [2.24, 2.45) is 5.92 Å². The van der Waals surface area contributed by atoms with Crippen molar-refractivity contribution >= 4 is 35.0 Å². The van der Waals surface area contributed by atoms with E-state index in [9.17, 15) is 4.79 Å². The Balaban J connectivity index is 1.41. The first-order chi connectivity index (χ1) is 12.6. The molecule has 2 aromatic rings. The van der Waals surface area contributed by atoms with Gasteiger partial charge in [-0.15, -0.1) is 5.10 Å². The van der Waals surface area contributed by atoms with Crippen molar-refractivity contribution in [1.29, 1.82) is 0 Å². The fraction of sp³-hybridized carbons (Fsp3) is 0.389. The van der Waals surface area contributed by atoms with E-state index < -0.39 is 0 Å². The summed E-state index contributed by atoms with van der Waals surface area (Å²) in [6.45, 7) is 2.41. The van der Waals surface area contributed by atoms with E-state index in [1.165, 1.54) is 0 Å². The molecule has 0 spiro atoms. The molecule has 1 aliphatic heterocycles. The summed E-state index contributed by atoms with van der Waals surface area (Å²) in [5, 5.41) is 11.3. The topological polar surface area (TPSA) is 67.3 Å². The average Bonchev–Trinajstić information content (AvgIpc) is 2.68. The van der Waals surface area contributed by atoms with Crippen molar-refractivity contribution in [1.82, 2.24) is 15.1 Å². The van der Waals surface area contributed by atoms with Crippen molar-refractivity contribution in [2.45, 2.75) is 19.4 Å². The third kappa shape index (κ3) is 4.99. The van der Waals surface area contributed by atoms with Crippen LogP contribution in [0.3, 0.4) is 0 Å². The van der Waals surface area contributed by atoms with E-state index in [0.717, 1.165) is 24.9 Å². The SMILES string of the molecule is O=C(OCc1ccccc1)N1CCC(CNc2cnnc(Cl)c2Cl)CC1. The van der Waals surface area contributed by atoms with Crippen LogP contribution in [0, 0.1) is 5.92 Å². The first-order valence-electron chi connectivity index (χ1n) is 8.49. The maximum atomic E-state index is 12.2. The third-order valence-corrected chi connectivity index (χ3v) is 5.15. The van der Waals surface area contributed by atoms with Gasteiger partial charge in [0.1, 0.15) is 11.6 Å². The van der Waals surface area contributed by atoms with Crippen molar-refractivity contribution in [3.8, 4) is 0 Å². The zero-order valence-corrected chi connectivity index (χ0v) is 15.7. The number of likely N-dealkylation sites (tertiary alicyclic amines) is 1. The Kier molecular flexibility index (Phi) is 6.52. The van der Waals surface area contributed by atoms with Crippen LogP contribution in [0.4, 0.5) is 10.5 Å². The minimum Gasteiger partial charge on any atom is -0.445 e. The first-order valence-corrected chi connectivity index (χ1v) is 9.25. The average molecular weight is 395 g/mol. The molecule has 0 radical (unpaired) electrons. The number of ether oxygens (including phenoxy) is 1. The van der Waals surface area contributed by atoms with Crippen LogP contribution < -0.4 is 5.32 Å². The number of aromatic nitrogens is 2. The normalized spacial score (nSPS) is 14.9. The van der Waals surface area contributed by atoms with Gasteiger partial charge in [-0.25, -0.2) is 4.79 Å². The second-order valence-electron chi connectivity index (χ2n) is 6.21. The molecule has 1 amide bonds. The van der Waals surface area contributed by atoms with Crippen LogP contribution in [0.15, 0.2) is 36.5 Å². The number of piperidine rings is 1. The second-order valence-corrected chi connectivity index (χ2v) is 6.95. The Bertz CT molecular complexity index is 737.